The third-order valence-corrected chi connectivity index (χ3v) is 4.14. The number of alkyl halides is 3. The lowest BCUT2D eigenvalue weighted by Gasteiger charge is -2.08. The molecule has 0 amide bonds. The number of esters is 1. The zero-order chi connectivity index (χ0) is 19.1. The van der Waals surface area contributed by atoms with Crippen molar-refractivity contribution in [3.8, 4) is 5.69 Å². The average Bonchev–Trinajstić information content (AvgIpc) is 2.92. The number of carbonyl (C=O) groups excluding carboxylic acids is 1. The van der Waals surface area contributed by atoms with Gasteiger partial charge in [0.25, 0.3) is 0 Å². The number of fused-ring (bicyclic) bond motifs is 1. The molecule has 2 aromatic heterocycles. The fraction of sp³-hybridized carbons (Fsp3) is 0.235. The highest BCUT2D eigenvalue weighted by Crippen LogP contribution is 2.32. The van der Waals surface area contributed by atoms with E-state index in [2.05, 4.69) is 10.1 Å². The van der Waals surface area contributed by atoms with Crippen molar-refractivity contribution in [3.05, 3.63) is 52.3 Å². The van der Waals surface area contributed by atoms with E-state index in [9.17, 15) is 18.0 Å². The van der Waals surface area contributed by atoms with Gasteiger partial charge in [0.15, 0.2) is 5.65 Å². The van der Waals surface area contributed by atoms with Crippen molar-refractivity contribution in [3.63, 3.8) is 0 Å². The zero-order valence-corrected chi connectivity index (χ0v) is 14.5. The smallest absolute Gasteiger partial charge is 0.416 e. The molecule has 0 spiro atoms. The van der Waals surface area contributed by atoms with Crippen molar-refractivity contribution in [1.29, 1.82) is 0 Å². The molecule has 0 fully saturated rings. The van der Waals surface area contributed by atoms with Crippen LogP contribution in [-0.2, 0) is 10.9 Å². The molecule has 3 rings (SSSR count). The summed E-state index contributed by atoms with van der Waals surface area (Å²) in [7, 11) is 0. The first kappa shape index (κ1) is 18.2. The second-order valence-corrected chi connectivity index (χ2v) is 5.82. The van der Waals surface area contributed by atoms with Gasteiger partial charge in [-0.15, -0.1) is 0 Å². The van der Waals surface area contributed by atoms with Crippen LogP contribution in [0.25, 0.3) is 16.7 Å². The quantitative estimate of drug-likeness (QED) is 0.621. The third-order valence-electron chi connectivity index (χ3n) is 3.74. The van der Waals surface area contributed by atoms with Gasteiger partial charge in [0, 0.05) is 6.20 Å². The van der Waals surface area contributed by atoms with E-state index in [1.807, 2.05) is 0 Å². The van der Waals surface area contributed by atoms with Gasteiger partial charge in [-0.1, -0.05) is 11.6 Å². The molecule has 2 heterocycles. The van der Waals surface area contributed by atoms with E-state index in [-0.39, 0.29) is 17.2 Å². The predicted molar refractivity (Wildman–Crippen MR) is 89.6 cm³/mol. The van der Waals surface area contributed by atoms with Crippen LogP contribution in [0.15, 0.2) is 30.5 Å². The Bertz CT molecular complexity index is 982. The summed E-state index contributed by atoms with van der Waals surface area (Å²) < 4.78 is 44.5. The van der Waals surface area contributed by atoms with E-state index in [0.717, 1.165) is 12.1 Å². The van der Waals surface area contributed by atoms with Crippen molar-refractivity contribution in [2.45, 2.75) is 20.0 Å². The van der Waals surface area contributed by atoms with Gasteiger partial charge in [0.2, 0.25) is 0 Å². The van der Waals surface area contributed by atoms with Crippen molar-refractivity contribution in [1.82, 2.24) is 14.8 Å². The van der Waals surface area contributed by atoms with Gasteiger partial charge in [-0.25, -0.2) is 14.5 Å². The molecule has 0 saturated heterocycles. The van der Waals surface area contributed by atoms with Crippen LogP contribution >= 0.6 is 11.6 Å². The molecule has 5 nitrogen and oxygen atoms in total. The molecule has 0 unspecified atom stereocenters. The summed E-state index contributed by atoms with van der Waals surface area (Å²) in [6.45, 7) is 3.54. The number of nitrogens with zero attached hydrogens (tertiary/aromatic N) is 3. The molecular formula is C17H13ClF3N3O2. The first-order chi connectivity index (χ1) is 12.2. The molecule has 0 saturated carbocycles. The van der Waals surface area contributed by atoms with Gasteiger partial charge < -0.3 is 4.74 Å². The summed E-state index contributed by atoms with van der Waals surface area (Å²) in [5.74, 6) is -0.603. The minimum Gasteiger partial charge on any atom is -0.462 e. The summed E-state index contributed by atoms with van der Waals surface area (Å²) in [6, 6.07) is 4.52. The maximum Gasteiger partial charge on any atom is 0.416 e. The number of hydrogen-bond donors (Lipinski definition) is 0. The molecule has 0 aliphatic carbocycles. The number of hydrogen-bond acceptors (Lipinski definition) is 4. The Morgan fingerprint density at radius 3 is 2.50 bits per heavy atom. The number of aryl methyl sites for hydroxylation is 1. The molecule has 0 bridgehead atoms. The maximum atomic E-state index is 12.7. The zero-order valence-electron chi connectivity index (χ0n) is 13.8. The van der Waals surface area contributed by atoms with Gasteiger partial charge in [-0.2, -0.15) is 18.3 Å². The summed E-state index contributed by atoms with van der Waals surface area (Å²) in [4.78, 5) is 16.2. The standard InChI is InChI=1S/C17H13ClF3N3O2/c1-3-26-16(25)12-8-22-15-13(14(12)18)9(2)23-24(15)11-6-4-10(5-7-11)17(19,20)21/h4-8H,3H2,1-2H3. The number of halogens is 4. The van der Waals surface area contributed by atoms with Crippen LogP contribution < -0.4 is 0 Å². The summed E-state index contributed by atoms with van der Waals surface area (Å²) in [5, 5.41) is 4.88. The lowest BCUT2D eigenvalue weighted by atomic mass is 10.2. The second kappa shape index (κ2) is 6.60. The van der Waals surface area contributed by atoms with Crippen molar-refractivity contribution in [2.24, 2.45) is 0 Å². The van der Waals surface area contributed by atoms with E-state index in [4.69, 9.17) is 16.3 Å². The fourth-order valence-electron chi connectivity index (χ4n) is 2.53. The summed E-state index contributed by atoms with van der Waals surface area (Å²) in [6.07, 6.45) is -3.15. The molecule has 0 radical (unpaired) electrons. The topological polar surface area (TPSA) is 57.0 Å². The Morgan fingerprint density at radius 1 is 1.27 bits per heavy atom. The van der Waals surface area contributed by atoms with Gasteiger partial charge in [-0.05, 0) is 38.1 Å². The molecule has 0 aliphatic rings. The molecule has 0 N–H and O–H groups in total. The van der Waals surface area contributed by atoms with Crippen LogP contribution in [0.5, 0.6) is 0 Å². The molecule has 9 heteroatoms. The molecule has 0 atom stereocenters. The van der Waals surface area contributed by atoms with Crippen molar-refractivity contribution >= 4 is 28.6 Å². The minimum atomic E-state index is -4.42. The van der Waals surface area contributed by atoms with Crippen molar-refractivity contribution < 1.29 is 22.7 Å². The Kier molecular flexibility index (Phi) is 4.62. The van der Waals surface area contributed by atoms with E-state index < -0.39 is 17.7 Å². The number of rotatable bonds is 3. The number of benzene rings is 1. The fourth-order valence-corrected chi connectivity index (χ4v) is 2.88. The normalized spacial score (nSPS) is 11.8. The van der Waals surface area contributed by atoms with Crippen LogP contribution in [0.3, 0.4) is 0 Å². The first-order valence-corrected chi connectivity index (χ1v) is 8.00. The van der Waals surface area contributed by atoms with Crippen LogP contribution in [-0.4, -0.2) is 27.3 Å². The highest BCUT2D eigenvalue weighted by atomic mass is 35.5. The predicted octanol–water partition coefficient (Wildman–Crippen LogP) is 4.58. The van der Waals surface area contributed by atoms with Crippen LogP contribution in [0.1, 0.15) is 28.5 Å². The average molecular weight is 384 g/mol. The monoisotopic (exact) mass is 383 g/mol. The van der Waals surface area contributed by atoms with E-state index >= 15 is 0 Å². The van der Waals surface area contributed by atoms with Crippen molar-refractivity contribution in [2.75, 3.05) is 6.61 Å². The second-order valence-electron chi connectivity index (χ2n) is 5.45. The Balaban J connectivity index is 2.11. The Labute approximate surface area is 151 Å². The van der Waals surface area contributed by atoms with Gasteiger partial charge in [-0.3, -0.25) is 0 Å². The van der Waals surface area contributed by atoms with E-state index in [1.54, 1.807) is 13.8 Å². The molecule has 136 valence electrons. The molecule has 0 aliphatic heterocycles. The summed E-state index contributed by atoms with van der Waals surface area (Å²) >= 11 is 6.32. The number of aromatic nitrogens is 3. The maximum absolute atomic E-state index is 12.7. The molecule has 3 aromatic rings. The molecule has 26 heavy (non-hydrogen) atoms. The number of pyridine rings is 1. The highest BCUT2D eigenvalue weighted by molar-refractivity contribution is 6.38. The van der Waals surface area contributed by atoms with E-state index in [1.165, 1.54) is 23.0 Å². The SMILES string of the molecule is CCOC(=O)c1cnc2c(c(C)nn2-c2ccc(C(F)(F)F)cc2)c1Cl. The van der Waals surface area contributed by atoms with Gasteiger partial charge in [0.1, 0.15) is 0 Å². The van der Waals surface area contributed by atoms with Gasteiger partial charge in [0.05, 0.1) is 39.5 Å². The molecule has 1 aromatic carbocycles. The lowest BCUT2D eigenvalue weighted by Crippen LogP contribution is -2.07. The Morgan fingerprint density at radius 2 is 1.92 bits per heavy atom. The van der Waals surface area contributed by atoms with Gasteiger partial charge >= 0.3 is 12.1 Å². The minimum absolute atomic E-state index is 0.107. The van der Waals surface area contributed by atoms with Crippen LogP contribution in [0.4, 0.5) is 13.2 Å². The van der Waals surface area contributed by atoms with Crippen LogP contribution in [0.2, 0.25) is 5.02 Å². The molecular weight excluding hydrogens is 371 g/mol. The third kappa shape index (κ3) is 3.12. The van der Waals surface area contributed by atoms with E-state index in [0.29, 0.717) is 22.4 Å². The lowest BCUT2D eigenvalue weighted by molar-refractivity contribution is -0.137. The number of carbonyl (C=O) groups is 1. The largest absolute Gasteiger partial charge is 0.462 e. The highest BCUT2D eigenvalue weighted by Gasteiger charge is 2.30. The summed E-state index contributed by atoms with van der Waals surface area (Å²) in [5.41, 5.74) is 0.563. The Hall–Kier alpha value is -2.61. The number of ether oxygens (including phenoxy) is 1. The van der Waals surface area contributed by atoms with Crippen LogP contribution in [0, 0.1) is 6.92 Å². The first-order valence-electron chi connectivity index (χ1n) is 7.62.